The molecule has 0 amide bonds. The molecule has 0 atom stereocenters. The summed E-state index contributed by atoms with van der Waals surface area (Å²) in [5, 5.41) is 7.25. The van der Waals surface area contributed by atoms with Gasteiger partial charge in [0.25, 0.3) is 5.56 Å². The Morgan fingerprint density at radius 1 is 1.12 bits per heavy atom. The molecule has 2 saturated carbocycles. The smallest absolute Gasteiger partial charge is 0.278 e. The Labute approximate surface area is 196 Å². The van der Waals surface area contributed by atoms with Crippen molar-refractivity contribution in [1.82, 2.24) is 34.6 Å². The normalized spacial score (nSPS) is 18.6. The molecular formula is C25H26N8O. The zero-order valence-electron chi connectivity index (χ0n) is 19.1. The monoisotopic (exact) mass is 454 g/mol. The van der Waals surface area contributed by atoms with Gasteiger partial charge in [-0.3, -0.25) is 4.79 Å². The molecule has 0 unspecified atom stereocenters. The quantitative estimate of drug-likeness (QED) is 0.478. The number of fused-ring (bicyclic) bond motifs is 2. The molecule has 4 aromatic rings. The fourth-order valence-electron chi connectivity index (χ4n) is 4.78. The van der Waals surface area contributed by atoms with Crippen LogP contribution in [0, 0.1) is 0 Å². The van der Waals surface area contributed by atoms with Crippen LogP contribution in [0.1, 0.15) is 55.6 Å². The second-order valence-corrected chi connectivity index (χ2v) is 9.96. The molecule has 34 heavy (non-hydrogen) atoms. The van der Waals surface area contributed by atoms with Crippen molar-refractivity contribution in [2.24, 2.45) is 0 Å². The molecule has 4 heterocycles. The Bertz CT molecular complexity index is 1490. The van der Waals surface area contributed by atoms with Crippen LogP contribution in [0.5, 0.6) is 0 Å². The topological polar surface area (TPSA) is 103 Å². The molecule has 7 rings (SSSR count). The van der Waals surface area contributed by atoms with Crippen molar-refractivity contribution >= 4 is 22.7 Å². The second kappa shape index (κ2) is 7.20. The van der Waals surface area contributed by atoms with E-state index in [0.29, 0.717) is 22.8 Å². The highest BCUT2D eigenvalue weighted by Gasteiger charge is 2.42. The van der Waals surface area contributed by atoms with Crippen molar-refractivity contribution in [3.05, 3.63) is 64.0 Å². The lowest BCUT2D eigenvalue weighted by Gasteiger charge is -2.18. The molecular weight excluding hydrogens is 428 g/mol. The third kappa shape index (κ3) is 3.22. The van der Waals surface area contributed by atoms with Crippen molar-refractivity contribution in [3.8, 4) is 5.82 Å². The molecule has 172 valence electrons. The van der Waals surface area contributed by atoms with Crippen LogP contribution in [-0.2, 0) is 18.4 Å². The van der Waals surface area contributed by atoms with Gasteiger partial charge in [-0.15, -0.1) is 0 Å². The van der Waals surface area contributed by atoms with E-state index in [1.54, 1.807) is 17.1 Å². The number of anilines is 2. The minimum absolute atomic E-state index is 0.0351. The molecule has 2 fully saturated rings. The van der Waals surface area contributed by atoms with E-state index in [2.05, 4.69) is 45.7 Å². The Morgan fingerprint density at radius 3 is 2.82 bits per heavy atom. The highest BCUT2D eigenvalue weighted by Crippen LogP contribution is 2.46. The summed E-state index contributed by atoms with van der Waals surface area (Å²) in [5.74, 6) is 1.98. The first-order valence-corrected chi connectivity index (χ1v) is 12.0. The molecule has 0 bridgehead atoms. The fraction of sp³-hybridized carbons (Fsp3) is 0.400. The minimum atomic E-state index is -0.0665. The summed E-state index contributed by atoms with van der Waals surface area (Å²) in [6.07, 6.45) is 8.56. The zero-order chi connectivity index (χ0) is 22.9. The Hall–Kier alpha value is -3.59. The summed E-state index contributed by atoms with van der Waals surface area (Å²) in [4.78, 5) is 32.0. The molecule has 3 aliphatic rings. The molecule has 3 aromatic heterocycles. The summed E-state index contributed by atoms with van der Waals surface area (Å²) in [7, 11) is 0. The van der Waals surface area contributed by atoms with Crippen LogP contribution < -0.4 is 16.2 Å². The zero-order valence-corrected chi connectivity index (χ0v) is 19.1. The van der Waals surface area contributed by atoms with E-state index >= 15 is 0 Å². The molecule has 9 nitrogen and oxygen atoms in total. The molecule has 9 heteroatoms. The number of aromatic nitrogens is 6. The van der Waals surface area contributed by atoms with Crippen LogP contribution >= 0.6 is 0 Å². The standard InChI is InChI=1S/C25H26N8O/c1-25(8-9-25)23-27-11-7-20(30-23)33-21-19(22(34)32(33)18-4-5-18)14-28-24(31-21)29-17-3-2-16-13-26-10-6-15(16)12-17/h2-3,7,11-12,14,18,26H,4-6,8-10,13H2,1H3,(H,28,29,31). The lowest BCUT2D eigenvalue weighted by atomic mass is 10.0. The van der Waals surface area contributed by atoms with Gasteiger partial charge in [-0.05, 0) is 61.9 Å². The Kier molecular flexibility index (Phi) is 4.20. The number of hydrogen-bond donors (Lipinski definition) is 2. The van der Waals surface area contributed by atoms with Crippen molar-refractivity contribution < 1.29 is 0 Å². The maximum Gasteiger partial charge on any atom is 0.278 e. The number of rotatable bonds is 5. The first-order valence-electron chi connectivity index (χ1n) is 12.0. The van der Waals surface area contributed by atoms with Gasteiger partial charge in [0.1, 0.15) is 11.2 Å². The fourth-order valence-corrected chi connectivity index (χ4v) is 4.78. The van der Waals surface area contributed by atoms with Crippen molar-refractivity contribution in [3.63, 3.8) is 0 Å². The Balaban J connectivity index is 1.34. The van der Waals surface area contributed by atoms with Gasteiger partial charge in [0.2, 0.25) is 5.95 Å². The average Bonchev–Trinajstić information content (AvgIpc) is 3.80. The molecule has 0 spiro atoms. The van der Waals surface area contributed by atoms with Gasteiger partial charge in [-0.1, -0.05) is 13.0 Å². The van der Waals surface area contributed by atoms with E-state index in [9.17, 15) is 4.79 Å². The maximum atomic E-state index is 13.3. The summed E-state index contributed by atoms with van der Waals surface area (Å²) in [6.45, 7) is 4.07. The summed E-state index contributed by atoms with van der Waals surface area (Å²) in [5.41, 5.74) is 4.15. The molecule has 0 radical (unpaired) electrons. The summed E-state index contributed by atoms with van der Waals surface area (Å²) >= 11 is 0. The largest absolute Gasteiger partial charge is 0.324 e. The molecule has 1 aromatic carbocycles. The van der Waals surface area contributed by atoms with Crippen LogP contribution in [0.4, 0.5) is 11.6 Å². The van der Waals surface area contributed by atoms with E-state index < -0.39 is 0 Å². The van der Waals surface area contributed by atoms with E-state index in [0.717, 1.165) is 56.7 Å². The van der Waals surface area contributed by atoms with Gasteiger partial charge >= 0.3 is 0 Å². The van der Waals surface area contributed by atoms with Gasteiger partial charge in [0, 0.05) is 36.1 Å². The van der Waals surface area contributed by atoms with Crippen molar-refractivity contribution in [1.29, 1.82) is 0 Å². The maximum absolute atomic E-state index is 13.3. The first-order chi connectivity index (χ1) is 16.6. The second-order valence-electron chi connectivity index (χ2n) is 9.96. The lowest BCUT2D eigenvalue weighted by Crippen LogP contribution is -2.23. The third-order valence-corrected chi connectivity index (χ3v) is 7.26. The van der Waals surface area contributed by atoms with Crippen molar-refractivity contribution in [2.45, 2.75) is 57.0 Å². The highest BCUT2D eigenvalue weighted by atomic mass is 16.1. The molecule has 1 aliphatic heterocycles. The number of nitrogens with one attached hydrogen (secondary N) is 2. The van der Waals surface area contributed by atoms with Crippen LogP contribution in [0.2, 0.25) is 0 Å². The van der Waals surface area contributed by atoms with E-state index in [1.165, 1.54) is 11.1 Å². The van der Waals surface area contributed by atoms with Crippen LogP contribution in [-0.4, -0.2) is 35.8 Å². The SMILES string of the molecule is CC1(c2nccc(-n3c4nc(Nc5ccc6c(c5)CCNC6)ncc4c(=O)n3C3CC3)n2)CC1. The predicted octanol–water partition coefficient (Wildman–Crippen LogP) is 3.15. The van der Waals surface area contributed by atoms with E-state index in [-0.39, 0.29) is 17.0 Å². The van der Waals surface area contributed by atoms with Gasteiger partial charge in [0.15, 0.2) is 11.5 Å². The lowest BCUT2D eigenvalue weighted by molar-refractivity contribution is 0.548. The summed E-state index contributed by atoms with van der Waals surface area (Å²) in [6, 6.07) is 8.39. The van der Waals surface area contributed by atoms with Gasteiger partial charge < -0.3 is 10.6 Å². The molecule has 0 saturated heterocycles. The predicted molar refractivity (Wildman–Crippen MR) is 129 cm³/mol. The van der Waals surface area contributed by atoms with Gasteiger partial charge in [0.05, 0.1) is 6.04 Å². The minimum Gasteiger partial charge on any atom is -0.324 e. The molecule has 2 aliphatic carbocycles. The van der Waals surface area contributed by atoms with Gasteiger partial charge in [-0.2, -0.15) is 4.98 Å². The number of nitrogens with zero attached hydrogens (tertiary/aromatic N) is 6. The van der Waals surface area contributed by atoms with E-state index in [1.807, 2.05) is 10.7 Å². The van der Waals surface area contributed by atoms with Gasteiger partial charge in [-0.25, -0.2) is 24.3 Å². The number of benzene rings is 1. The van der Waals surface area contributed by atoms with Crippen LogP contribution in [0.3, 0.4) is 0 Å². The van der Waals surface area contributed by atoms with Crippen LogP contribution in [0.25, 0.3) is 16.9 Å². The highest BCUT2D eigenvalue weighted by molar-refractivity contribution is 5.77. The number of hydrogen-bond acceptors (Lipinski definition) is 7. The van der Waals surface area contributed by atoms with E-state index in [4.69, 9.17) is 9.97 Å². The molecule has 2 N–H and O–H groups in total. The summed E-state index contributed by atoms with van der Waals surface area (Å²) < 4.78 is 3.67. The Morgan fingerprint density at radius 2 is 2.00 bits per heavy atom. The third-order valence-electron chi connectivity index (χ3n) is 7.26. The van der Waals surface area contributed by atoms with Crippen LogP contribution in [0.15, 0.2) is 41.5 Å². The average molecular weight is 455 g/mol. The first kappa shape index (κ1) is 19.8. The van der Waals surface area contributed by atoms with Crippen molar-refractivity contribution in [2.75, 3.05) is 11.9 Å².